The van der Waals surface area contributed by atoms with Gasteiger partial charge in [-0.25, -0.2) is 9.97 Å². The van der Waals surface area contributed by atoms with Crippen LogP contribution in [0, 0.1) is 0 Å². The summed E-state index contributed by atoms with van der Waals surface area (Å²) in [6.45, 7) is 4.89. The van der Waals surface area contributed by atoms with Crippen LogP contribution in [0.4, 0.5) is 17.3 Å². The van der Waals surface area contributed by atoms with Gasteiger partial charge in [-0.2, -0.15) is 0 Å². The molecule has 1 aliphatic carbocycles. The van der Waals surface area contributed by atoms with Crippen molar-refractivity contribution in [3.05, 3.63) is 18.0 Å². The Morgan fingerprint density at radius 2 is 2.00 bits per heavy atom. The van der Waals surface area contributed by atoms with E-state index >= 15 is 0 Å². The number of rotatable bonds is 5. The third-order valence-electron chi connectivity index (χ3n) is 4.79. The van der Waals surface area contributed by atoms with Crippen molar-refractivity contribution in [1.29, 1.82) is 0 Å². The predicted octanol–water partition coefficient (Wildman–Crippen LogP) is 2.11. The van der Waals surface area contributed by atoms with E-state index in [0.717, 1.165) is 50.8 Å². The zero-order chi connectivity index (χ0) is 16.1. The summed E-state index contributed by atoms with van der Waals surface area (Å²) in [4.78, 5) is 13.3. The maximum absolute atomic E-state index is 6.31. The van der Waals surface area contributed by atoms with Gasteiger partial charge in [-0.15, -0.1) is 0 Å². The van der Waals surface area contributed by atoms with Crippen LogP contribution in [-0.4, -0.2) is 54.6 Å². The number of allylic oxidation sites excluding steroid dienone is 1. The fourth-order valence-corrected chi connectivity index (χ4v) is 3.27. The summed E-state index contributed by atoms with van der Waals surface area (Å²) in [5, 5.41) is 3.39. The fourth-order valence-electron chi connectivity index (χ4n) is 3.27. The highest BCUT2D eigenvalue weighted by Crippen LogP contribution is 2.27. The molecule has 0 radical (unpaired) electrons. The van der Waals surface area contributed by atoms with Crippen LogP contribution >= 0.6 is 0 Å². The highest BCUT2D eigenvalue weighted by atomic mass is 15.3. The summed E-state index contributed by atoms with van der Waals surface area (Å²) in [7, 11) is 2.15. The molecule has 1 fully saturated rings. The van der Waals surface area contributed by atoms with Gasteiger partial charge in [0.05, 0.1) is 0 Å². The molecule has 6 heteroatoms. The third-order valence-corrected chi connectivity index (χ3v) is 4.79. The van der Waals surface area contributed by atoms with Gasteiger partial charge in [-0.3, -0.25) is 0 Å². The molecule has 1 aliphatic heterocycles. The molecule has 0 unspecified atom stereocenters. The zero-order valence-electron chi connectivity index (χ0n) is 14.1. The molecule has 0 amide bonds. The van der Waals surface area contributed by atoms with E-state index in [0.29, 0.717) is 5.69 Å². The van der Waals surface area contributed by atoms with Crippen LogP contribution in [0.15, 0.2) is 18.0 Å². The van der Waals surface area contributed by atoms with Gasteiger partial charge in [0.1, 0.15) is 12.0 Å². The molecule has 3 N–H and O–H groups in total. The Balaban J connectivity index is 1.59. The first-order valence-electron chi connectivity index (χ1n) is 8.70. The SMILES string of the molecule is CN1CCN(c2ncnc(NCCC3=CCCCC3)c2N)CC1. The molecule has 1 aromatic rings. The van der Waals surface area contributed by atoms with Crippen LogP contribution in [-0.2, 0) is 0 Å². The Labute approximate surface area is 138 Å². The first kappa shape index (κ1) is 16.1. The summed E-state index contributed by atoms with van der Waals surface area (Å²) >= 11 is 0. The van der Waals surface area contributed by atoms with Gasteiger partial charge in [0.15, 0.2) is 11.6 Å². The maximum Gasteiger partial charge on any atom is 0.157 e. The first-order chi connectivity index (χ1) is 11.2. The molecular weight excluding hydrogens is 288 g/mol. The predicted molar refractivity (Wildman–Crippen MR) is 95.8 cm³/mol. The molecule has 6 nitrogen and oxygen atoms in total. The maximum atomic E-state index is 6.31. The average Bonchev–Trinajstić information content (AvgIpc) is 2.58. The average molecular weight is 316 g/mol. The number of hydrogen-bond acceptors (Lipinski definition) is 6. The standard InChI is InChI=1S/C17H28N6/c1-22-9-11-23(12-10-22)17-15(18)16(20-13-21-17)19-8-7-14-5-3-2-4-6-14/h5,13H,2-4,6-12,18H2,1H3,(H,19,20,21). The van der Waals surface area contributed by atoms with Gasteiger partial charge in [-0.1, -0.05) is 11.6 Å². The quantitative estimate of drug-likeness (QED) is 0.811. The zero-order valence-corrected chi connectivity index (χ0v) is 14.1. The Kier molecular flexibility index (Phi) is 5.33. The van der Waals surface area contributed by atoms with E-state index in [-0.39, 0.29) is 0 Å². The lowest BCUT2D eigenvalue weighted by atomic mass is 9.97. The van der Waals surface area contributed by atoms with E-state index in [9.17, 15) is 0 Å². The number of hydrogen-bond donors (Lipinski definition) is 2. The molecule has 0 atom stereocenters. The normalized spacial score (nSPS) is 19.5. The van der Waals surface area contributed by atoms with Crippen LogP contribution in [0.2, 0.25) is 0 Å². The van der Waals surface area contributed by atoms with Crippen LogP contribution in [0.3, 0.4) is 0 Å². The van der Waals surface area contributed by atoms with Gasteiger partial charge in [-0.05, 0) is 39.2 Å². The second-order valence-electron chi connectivity index (χ2n) is 6.53. The fraction of sp³-hybridized carbons (Fsp3) is 0.647. The molecule has 0 saturated carbocycles. The number of piperazine rings is 1. The van der Waals surface area contributed by atoms with Crippen molar-refractivity contribution in [1.82, 2.24) is 14.9 Å². The van der Waals surface area contributed by atoms with Crippen molar-refractivity contribution < 1.29 is 0 Å². The molecular formula is C17H28N6. The van der Waals surface area contributed by atoms with E-state index in [1.54, 1.807) is 11.9 Å². The van der Waals surface area contributed by atoms with E-state index < -0.39 is 0 Å². The largest absolute Gasteiger partial charge is 0.393 e. The van der Waals surface area contributed by atoms with Crippen molar-refractivity contribution in [3.8, 4) is 0 Å². The molecule has 2 aliphatic rings. The minimum Gasteiger partial charge on any atom is -0.393 e. The lowest BCUT2D eigenvalue weighted by Gasteiger charge is -2.33. The van der Waals surface area contributed by atoms with Crippen molar-refractivity contribution in [2.75, 3.05) is 55.7 Å². The topological polar surface area (TPSA) is 70.3 Å². The second kappa shape index (κ2) is 7.64. The lowest BCUT2D eigenvalue weighted by molar-refractivity contribution is 0.312. The number of anilines is 3. The van der Waals surface area contributed by atoms with E-state index in [1.165, 1.54) is 25.7 Å². The third kappa shape index (κ3) is 4.13. The molecule has 1 saturated heterocycles. The number of nitrogens with two attached hydrogens (primary N) is 1. The smallest absolute Gasteiger partial charge is 0.157 e. The molecule has 0 spiro atoms. The molecule has 23 heavy (non-hydrogen) atoms. The van der Waals surface area contributed by atoms with Crippen LogP contribution in [0.25, 0.3) is 0 Å². The van der Waals surface area contributed by atoms with Gasteiger partial charge in [0.25, 0.3) is 0 Å². The number of nitrogens with one attached hydrogen (secondary N) is 1. The lowest BCUT2D eigenvalue weighted by Crippen LogP contribution is -2.45. The molecule has 1 aromatic heterocycles. The summed E-state index contributed by atoms with van der Waals surface area (Å²) < 4.78 is 0. The minimum atomic E-state index is 0.676. The van der Waals surface area contributed by atoms with Crippen LogP contribution < -0.4 is 16.0 Å². The molecule has 0 aromatic carbocycles. The number of nitrogen functional groups attached to an aromatic ring is 1. The number of likely N-dealkylation sites (N-methyl/N-ethyl adjacent to an activating group) is 1. The second-order valence-corrected chi connectivity index (χ2v) is 6.53. The Morgan fingerprint density at radius 1 is 1.17 bits per heavy atom. The molecule has 3 rings (SSSR count). The summed E-state index contributed by atoms with van der Waals surface area (Å²) in [5.74, 6) is 1.64. The van der Waals surface area contributed by atoms with Gasteiger partial charge in [0, 0.05) is 32.7 Å². The monoisotopic (exact) mass is 316 g/mol. The van der Waals surface area contributed by atoms with Crippen molar-refractivity contribution >= 4 is 17.3 Å². The molecule has 126 valence electrons. The van der Waals surface area contributed by atoms with Gasteiger partial charge in [0.2, 0.25) is 0 Å². The van der Waals surface area contributed by atoms with Gasteiger partial charge >= 0.3 is 0 Å². The Bertz CT molecular complexity index is 548. The molecule has 2 heterocycles. The number of nitrogens with zero attached hydrogens (tertiary/aromatic N) is 4. The highest BCUT2D eigenvalue weighted by Gasteiger charge is 2.19. The summed E-state index contributed by atoms with van der Waals surface area (Å²) in [5.41, 5.74) is 8.55. The van der Waals surface area contributed by atoms with E-state index in [1.807, 2.05) is 0 Å². The van der Waals surface area contributed by atoms with Crippen LogP contribution in [0.1, 0.15) is 32.1 Å². The van der Waals surface area contributed by atoms with Crippen molar-refractivity contribution in [2.24, 2.45) is 0 Å². The summed E-state index contributed by atoms with van der Waals surface area (Å²) in [6, 6.07) is 0. The molecule has 0 bridgehead atoms. The van der Waals surface area contributed by atoms with E-state index in [2.05, 4.69) is 38.2 Å². The van der Waals surface area contributed by atoms with Crippen molar-refractivity contribution in [2.45, 2.75) is 32.1 Å². The van der Waals surface area contributed by atoms with E-state index in [4.69, 9.17) is 5.73 Å². The summed E-state index contributed by atoms with van der Waals surface area (Å²) in [6.07, 6.45) is 10.2. The number of aromatic nitrogens is 2. The van der Waals surface area contributed by atoms with Crippen molar-refractivity contribution in [3.63, 3.8) is 0 Å². The highest BCUT2D eigenvalue weighted by molar-refractivity contribution is 5.75. The van der Waals surface area contributed by atoms with Crippen LogP contribution in [0.5, 0.6) is 0 Å². The Hall–Kier alpha value is -1.82. The first-order valence-corrected chi connectivity index (χ1v) is 8.70. The minimum absolute atomic E-state index is 0.676. The van der Waals surface area contributed by atoms with Gasteiger partial charge < -0.3 is 20.9 Å². The Morgan fingerprint density at radius 3 is 2.74 bits per heavy atom.